The van der Waals surface area contributed by atoms with E-state index >= 15 is 0 Å². The average molecular weight is 278 g/mol. The number of nitrogens with one attached hydrogen (secondary N) is 1. The Bertz CT molecular complexity index is 587. The maximum Gasteiger partial charge on any atom is 0.0677 e. The summed E-state index contributed by atoms with van der Waals surface area (Å²) in [4.78, 5) is 0. The molecule has 2 aromatic rings. The van der Waals surface area contributed by atoms with Gasteiger partial charge >= 0.3 is 0 Å². The molecule has 1 aromatic carbocycles. The Morgan fingerprint density at radius 2 is 2.00 bits per heavy atom. The van der Waals surface area contributed by atoms with Crippen LogP contribution in [0.25, 0.3) is 0 Å². The predicted octanol–water partition coefficient (Wildman–Crippen LogP) is 3.23. The Morgan fingerprint density at radius 3 is 2.63 bits per heavy atom. The zero-order valence-corrected chi connectivity index (χ0v) is 12.7. The van der Waals surface area contributed by atoms with E-state index in [0.717, 1.165) is 29.4 Å². The maximum atomic E-state index is 6.29. The van der Waals surface area contributed by atoms with Crippen molar-refractivity contribution < 1.29 is 0 Å². The van der Waals surface area contributed by atoms with Crippen LogP contribution in [0, 0.1) is 20.8 Å². The molecule has 19 heavy (non-hydrogen) atoms. The van der Waals surface area contributed by atoms with Gasteiger partial charge in [-0.25, -0.2) is 0 Å². The van der Waals surface area contributed by atoms with E-state index in [1.165, 1.54) is 16.8 Å². The Balaban J connectivity index is 2.31. The van der Waals surface area contributed by atoms with Gasteiger partial charge in [0.1, 0.15) is 0 Å². The van der Waals surface area contributed by atoms with Crippen molar-refractivity contribution in [2.75, 3.05) is 7.05 Å². The van der Waals surface area contributed by atoms with Gasteiger partial charge < -0.3 is 5.32 Å². The van der Waals surface area contributed by atoms with Crippen LogP contribution < -0.4 is 5.32 Å². The molecular formula is C15H20ClN3. The van der Waals surface area contributed by atoms with Gasteiger partial charge in [0.15, 0.2) is 0 Å². The van der Waals surface area contributed by atoms with E-state index < -0.39 is 0 Å². The fraction of sp³-hybridized carbons (Fsp3) is 0.400. The molecule has 0 radical (unpaired) electrons. The van der Waals surface area contributed by atoms with E-state index in [9.17, 15) is 0 Å². The van der Waals surface area contributed by atoms with Crippen LogP contribution in [0.15, 0.2) is 18.2 Å². The summed E-state index contributed by atoms with van der Waals surface area (Å²) in [5, 5.41) is 8.60. The normalized spacial score (nSPS) is 11.0. The van der Waals surface area contributed by atoms with Crippen LogP contribution in [0.1, 0.15) is 28.1 Å². The van der Waals surface area contributed by atoms with Crippen LogP contribution in [0.2, 0.25) is 5.02 Å². The lowest BCUT2D eigenvalue weighted by Crippen LogP contribution is -2.08. The van der Waals surface area contributed by atoms with Gasteiger partial charge in [-0.05, 0) is 45.0 Å². The van der Waals surface area contributed by atoms with E-state index in [4.69, 9.17) is 11.6 Å². The third kappa shape index (κ3) is 2.99. The molecule has 1 aromatic heterocycles. The summed E-state index contributed by atoms with van der Waals surface area (Å²) < 4.78 is 2.03. The maximum absolute atomic E-state index is 6.29. The molecule has 0 amide bonds. The molecule has 102 valence electrons. The van der Waals surface area contributed by atoms with E-state index in [0.29, 0.717) is 0 Å². The Kier molecular flexibility index (Phi) is 4.27. The molecule has 0 saturated heterocycles. The molecule has 1 heterocycles. The van der Waals surface area contributed by atoms with Crippen molar-refractivity contribution in [1.29, 1.82) is 0 Å². The van der Waals surface area contributed by atoms with E-state index in [-0.39, 0.29) is 0 Å². The number of rotatable bonds is 4. The minimum atomic E-state index is 0.718. The van der Waals surface area contributed by atoms with Crippen LogP contribution in [0.3, 0.4) is 0 Å². The highest BCUT2D eigenvalue weighted by atomic mass is 35.5. The summed E-state index contributed by atoms with van der Waals surface area (Å²) in [5.41, 5.74) is 5.83. The lowest BCUT2D eigenvalue weighted by molar-refractivity contribution is 0.657. The number of halogens is 1. The molecule has 0 aliphatic rings. The quantitative estimate of drug-likeness (QED) is 0.930. The smallest absolute Gasteiger partial charge is 0.0677 e. The van der Waals surface area contributed by atoms with Crippen LogP contribution in [-0.2, 0) is 13.1 Å². The summed E-state index contributed by atoms with van der Waals surface area (Å²) in [6.07, 6.45) is 0. The van der Waals surface area contributed by atoms with Gasteiger partial charge in [0, 0.05) is 22.8 Å². The van der Waals surface area contributed by atoms with Crippen molar-refractivity contribution in [3.8, 4) is 0 Å². The summed E-state index contributed by atoms with van der Waals surface area (Å²) in [6.45, 7) is 7.76. The second-order valence-corrected chi connectivity index (χ2v) is 5.34. The molecular weight excluding hydrogens is 258 g/mol. The molecule has 1 N–H and O–H groups in total. The van der Waals surface area contributed by atoms with Gasteiger partial charge in [0.25, 0.3) is 0 Å². The Hall–Kier alpha value is -1.32. The van der Waals surface area contributed by atoms with Gasteiger partial charge in [-0.1, -0.05) is 23.7 Å². The van der Waals surface area contributed by atoms with Crippen LogP contribution in [-0.4, -0.2) is 16.8 Å². The molecule has 0 aliphatic carbocycles. The van der Waals surface area contributed by atoms with Crippen molar-refractivity contribution in [3.63, 3.8) is 0 Å². The largest absolute Gasteiger partial charge is 0.316 e. The first kappa shape index (κ1) is 14.1. The zero-order chi connectivity index (χ0) is 14.0. The predicted molar refractivity (Wildman–Crippen MR) is 79.8 cm³/mol. The molecule has 3 nitrogen and oxygen atoms in total. The molecule has 0 bridgehead atoms. The second kappa shape index (κ2) is 5.76. The third-order valence-corrected chi connectivity index (χ3v) is 3.77. The van der Waals surface area contributed by atoms with Crippen LogP contribution in [0.5, 0.6) is 0 Å². The minimum Gasteiger partial charge on any atom is -0.316 e. The number of aryl methyl sites for hydroxylation is 2. The van der Waals surface area contributed by atoms with Gasteiger partial charge in [-0.3, -0.25) is 4.68 Å². The van der Waals surface area contributed by atoms with Gasteiger partial charge in [-0.2, -0.15) is 5.10 Å². The topological polar surface area (TPSA) is 29.9 Å². The highest BCUT2D eigenvalue weighted by Gasteiger charge is 2.11. The van der Waals surface area contributed by atoms with Gasteiger partial charge in [-0.15, -0.1) is 0 Å². The monoisotopic (exact) mass is 277 g/mol. The average Bonchev–Trinajstić information content (AvgIpc) is 2.61. The summed E-state index contributed by atoms with van der Waals surface area (Å²) >= 11 is 6.29. The van der Waals surface area contributed by atoms with Crippen molar-refractivity contribution in [2.24, 2.45) is 0 Å². The number of benzene rings is 1. The minimum absolute atomic E-state index is 0.718. The first-order valence-corrected chi connectivity index (χ1v) is 6.83. The van der Waals surface area contributed by atoms with Crippen molar-refractivity contribution in [3.05, 3.63) is 51.3 Å². The van der Waals surface area contributed by atoms with E-state index in [1.807, 2.05) is 31.6 Å². The van der Waals surface area contributed by atoms with Crippen molar-refractivity contribution in [2.45, 2.75) is 33.9 Å². The van der Waals surface area contributed by atoms with E-state index in [2.05, 4.69) is 29.5 Å². The third-order valence-electron chi connectivity index (χ3n) is 3.41. The number of nitrogens with zero attached hydrogens (tertiary/aromatic N) is 2. The van der Waals surface area contributed by atoms with Gasteiger partial charge in [0.2, 0.25) is 0 Å². The van der Waals surface area contributed by atoms with Crippen molar-refractivity contribution >= 4 is 11.6 Å². The molecule has 0 unspecified atom stereocenters. The lowest BCUT2D eigenvalue weighted by Gasteiger charge is -2.08. The number of aromatic nitrogens is 2. The fourth-order valence-electron chi connectivity index (χ4n) is 2.26. The molecule has 0 fully saturated rings. The van der Waals surface area contributed by atoms with Gasteiger partial charge in [0.05, 0.1) is 12.2 Å². The first-order chi connectivity index (χ1) is 9.02. The highest BCUT2D eigenvalue weighted by molar-refractivity contribution is 6.31. The molecule has 0 atom stereocenters. The Morgan fingerprint density at radius 1 is 1.26 bits per heavy atom. The van der Waals surface area contributed by atoms with Crippen molar-refractivity contribution in [1.82, 2.24) is 15.1 Å². The summed E-state index contributed by atoms with van der Waals surface area (Å²) in [5.74, 6) is 0. The molecule has 0 spiro atoms. The molecule has 0 saturated carbocycles. The highest BCUT2D eigenvalue weighted by Crippen LogP contribution is 2.20. The lowest BCUT2D eigenvalue weighted by atomic mass is 10.1. The SMILES string of the molecule is CNCc1c(C)nn(Cc2ccc(C)cc2Cl)c1C. The van der Waals surface area contributed by atoms with Crippen LogP contribution in [0.4, 0.5) is 0 Å². The number of hydrogen-bond donors (Lipinski definition) is 1. The Labute approximate surface area is 119 Å². The summed E-state index contributed by atoms with van der Waals surface area (Å²) in [7, 11) is 1.95. The standard InChI is InChI=1S/C15H20ClN3/c1-10-5-6-13(15(16)7-10)9-19-12(3)14(8-17-4)11(2)18-19/h5-7,17H,8-9H2,1-4H3. The zero-order valence-electron chi connectivity index (χ0n) is 11.9. The van der Waals surface area contributed by atoms with E-state index in [1.54, 1.807) is 0 Å². The molecule has 2 rings (SSSR count). The summed E-state index contributed by atoms with van der Waals surface area (Å²) in [6, 6.07) is 6.16. The molecule has 0 aliphatic heterocycles. The number of hydrogen-bond acceptors (Lipinski definition) is 2. The second-order valence-electron chi connectivity index (χ2n) is 4.93. The molecule has 4 heteroatoms. The fourth-order valence-corrected chi connectivity index (χ4v) is 2.56. The first-order valence-electron chi connectivity index (χ1n) is 6.45. The van der Waals surface area contributed by atoms with Crippen LogP contribution >= 0.6 is 11.6 Å².